The Labute approximate surface area is 166 Å². The van der Waals surface area contributed by atoms with Crippen LogP contribution in [0, 0.1) is 11.8 Å². The van der Waals surface area contributed by atoms with Gasteiger partial charge in [-0.15, -0.1) is 13.2 Å². The smallest absolute Gasteiger partial charge is 0.406 e. The first kappa shape index (κ1) is 21.2. The fourth-order valence-corrected chi connectivity index (χ4v) is 2.84. The van der Waals surface area contributed by atoms with E-state index in [0.29, 0.717) is 0 Å². The van der Waals surface area contributed by atoms with Crippen LogP contribution < -0.4 is 10.3 Å². The third-order valence-corrected chi connectivity index (χ3v) is 4.18. The molecule has 0 aliphatic heterocycles. The molecule has 5 nitrogen and oxygen atoms in total. The number of rotatable bonds is 6. The minimum atomic E-state index is -4.89. The molecule has 0 radical (unpaired) electrons. The number of benzene rings is 1. The summed E-state index contributed by atoms with van der Waals surface area (Å²) in [5.74, 6) is -3.99. The molecule has 10 heteroatoms. The molecule has 0 saturated heterocycles. The number of alkyl halides is 3. The number of pyridine rings is 2. The van der Waals surface area contributed by atoms with Gasteiger partial charge in [-0.2, -0.15) is 4.39 Å². The summed E-state index contributed by atoms with van der Waals surface area (Å²) in [7, 11) is 0. The first-order chi connectivity index (χ1) is 14.1. The summed E-state index contributed by atoms with van der Waals surface area (Å²) < 4.78 is 68.9. The van der Waals surface area contributed by atoms with Crippen molar-refractivity contribution in [1.82, 2.24) is 9.97 Å². The van der Waals surface area contributed by atoms with Crippen LogP contribution in [0.15, 0.2) is 59.5 Å². The van der Waals surface area contributed by atoms with Crippen molar-refractivity contribution in [2.24, 2.45) is 0 Å². The zero-order chi connectivity index (χ0) is 21.9. The van der Waals surface area contributed by atoms with Gasteiger partial charge in [0, 0.05) is 30.2 Å². The van der Waals surface area contributed by atoms with Crippen LogP contribution in [0.2, 0.25) is 0 Å². The average Bonchev–Trinajstić information content (AvgIpc) is 2.68. The lowest BCUT2D eigenvalue weighted by Crippen LogP contribution is -2.17. The number of H-pyrrole nitrogens is 1. The molecule has 0 unspecified atom stereocenters. The second kappa shape index (κ2) is 8.44. The van der Waals surface area contributed by atoms with E-state index in [4.69, 9.17) is 0 Å². The first-order valence-electron chi connectivity index (χ1n) is 8.52. The number of carbonyl (C=O) groups excluding carboxylic acids is 1. The van der Waals surface area contributed by atoms with Crippen molar-refractivity contribution in [2.45, 2.75) is 18.7 Å². The minimum Gasteiger partial charge on any atom is -0.406 e. The SMILES string of the molecule is O=C(C[C@@H](c1ccc(OC(F)(F)F)cc1)c1nc(F)ccc1F)c1ccc(=O)[nH]c1. The molecule has 3 rings (SSSR count). The zero-order valence-corrected chi connectivity index (χ0v) is 15.0. The van der Waals surface area contributed by atoms with Gasteiger partial charge in [0.2, 0.25) is 11.5 Å². The van der Waals surface area contributed by atoms with Crippen LogP contribution in [0.1, 0.15) is 34.0 Å². The quantitative estimate of drug-likeness (QED) is 0.363. The monoisotopic (exact) mass is 424 g/mol. The van der Waals surface area contributed by atoms with E-state index < -0.39 is 41.1 Å². The molecule has 2 heterocycles. The van der Waals surface area contributed by atoms with E-state index >= 15 is 0 Å². The third-order valence-electron chi connectivity index (χ3n) is 4.18. The Kier molecular flexibility index (Phi) is 5.95. The Balaban J connectivity index is 1.97. The maximum atomic E-state index is 14.4. The fraction of sp³-hybridized carbons (Fsp3) is 0.150. The van der Waals surface area contributed by atoms with Gasteiger partial charge in [0.1, 0.15) is 11.6 Å². The van der Waals surface area contributed by atoms with Crippen molar-refractivity contribution in [3.8, 4) is 5.75 Å². The molecule has 0 aliphatic rings. The van der Waals surface area contributed by atoms with E-state index in [1.807, 2.05) is 0 Å². The lowest BCUT2D eigenvalue weighted by Gasteiger charge is -2.18. The zero-order valence-electron chi connectivity index (χ0n) is 15.0. The Hall–Kier alpha value is -3.56. The van der Waals surface area contributed by atoms with E-state index in [0.717, 1.165) is 30.3 Å². The summed E-state index contributed by atoms with van der Waals surface area (Å²) >= 11 is 0. The molecule has 1 N–H and O–H groups in total. The van der Waals surface area contributed by atoms with Crippen molar-refractivity contribution in [3.05, 3.63) is 93.7 Å². The van der Waals surface area contributed by atoms with Crippen LogP contribution in [-0.2, 0) is 0 Å². The van der Waals surface area contributed by atoms with Crippen molar-refractivity contribution in [2.75, 3.05) is 0 Å². The number of aromatic amines is 1. The predicted octanol–water partition coefficient (Wildman–Crippen LogP) is 4.35. The van der Waals surface area contributed by atoms with Crippen LogP contribution in [0.4, 0.5) is 22.0 Å². The van der Waals surface area contributed by atoms with Gasteiger partial charge in [0.05, 0.1) is 5.69 Å². The normalized spacial score (nSPS) is 12.4. The van der Waals surface area contributed by atoms with Gasteiger partial charge in [-0.05, 0) is 35.9 Å². The first-order valence-corrected chi connectivity index (χ1v) is 8.52. The maximum absolute atomic E-state index is 14.4. The number of hydrogen-bond donors (Lipinski definition) is 1. The molecule has 0 aliphatic carbocycles. The Morgan fingerprint density at radius 1 is 1.03 bits per heavy atom. The molecule has 2 aromatic heterocycles. The fourth-order valence-electron chi connectivity index (χ4n) is 2.84. The third kappa shape index (κ3) is 5.28. The van der Waals surface area contributed by atoms with Crippen molar-refractivity contribution < 1.29 is 31.5 Å². The molecular weight excluding hydrogens is 411 g/mol. The maximum Gasteiger partial charge on any atom is 0.573 e. The largest absolute Gasteiger partial charge is 0.573 e. The molecule has 156 valence electrons. The van der Waals surface area contributed by atoms with E-state index in [-0.39, 0.29) is 23.2 Å². The molecule has 3 aromatic rings. The van der Waals surface area contributed by atoms with E-state index in [2.05, 4.69) is 14.7 Å². The lowest BCUT2D eigenvalue weighted by molar-refractivity contribution is -0.274. The van der Waals surface area contributed by atoms with E-state index in [9.17, 15) is 31.5 Å². The predicted molar refractivity (Wildman–Crippen MR) is 95.1 cm³/mol. The number of aromatic nitrogens is 2. The van der Waals surface area contributed by atoms with Crippen molar-refractivity contribution in [1.29, 1.82) is 0 Å². The molecular formula is C20H13F5N2O3. The minimum absolute atomic E-state index is 0.119. The van der Waals surface area contributed by atoms with Gasteiger partial charge in [0.15, 0.2) is 5.78 Å². The molecule has 1 atom stereocenters. The molecule has 0 fully saturated rings. The van der Waals surface area contributed by atoms with Gasteiger partial charge in [-0.1, -0.05) is 12.1 Å². The van der Waals surface area contributed by atoms with Crippen LogP contribution >= 0.6 is 0 Å². The molecule has 30 heavy (non-hydrogen) atoms. The Morgan fingerprint density at radius 3 is 2.33 bits per heavy atom. The highest BCUT2D eigenvalue weighted by Crippen LogP contribution is 2.32. The number of ether oxygens (including phenoxy) is 1. The second-order valence-corrected chi connectivity index (χ2v) is 6.24. The van der Waals surface area contributed by atoms with Crippen molar-refractivity contribution >= 4 is 5.78 Å². The van der Waals surface area contributed by atoms with Crippen LogP contribution in [-0.4, -0.2) is 22.1 Å². The molecule has 0 amide bonds. The molecule has 0 spiro atoms. The number of hydrogen-bond acceptors (Lipinski definition) is 4. The summed E-state index contributed by atoms with van der Waals surface area (Å²) in [6.45, 7) is 0. The highest BCUT2D eigenvalue weighted by Gasteiger charge is 2.31. The summed E-state index contributed by atoms with van der Waals surface area (Å²) in [5, 5.41) is 0. The van der Waals surface area contributed by atoms with Crippen LogP contribution in [0.25, 0.3) is 0 Å². The van der Waals surface area contributed by atoms with Gasteiger partial charge < -0.3 is 9.72 Å². The number of nitrogens with one attached hydrogen (secondary N) is 1. The second-order valence-electron chi connectivity index (χ2n) is 6.24. The molecule has 0 saturated carbocycles. The summed E-state index contributed by atoms with van der Waals surface area (Å²) in [6, 6.07) is 8.46. The summed E-state index contributed by atoms with van der Waals surface area (Å²) in [4.78, 5) is 29.7. The molecule has 1 aromatic carbocycles. The highest BCUT2D eigenvalue weighted by molar-refractivity contribution is 5.96. The number of Topliss-reactive ketones (excluding diaryl/α,β-unsaturated/α-hetero) is 1. The summed E-state index contributed by atoms with van der Waals surface area (Å²) in [5.41, 5.74) is -0.466. The number of carbonyl (C=O) groups is 1. The van der Waals surface area contributed by atoms with Gasteiger partial charge in [-0.3, -0.25) is 9.59 Å². The Morgan fingerprint density at radius 2 is 1.73 bits per heavy atom. The lowest BCUT2D eigenvalue weighted by atomic mass is 9.88. The van der Waals surface area contributed by atoms with Crippen LogP contribution in [0.3, 0.4) is 0 Å². The number of halogens is 5. The average molecular weight is 424 g/mol. The van der Waals surface area contributed by atoms with Crippen LogP contribution in [0.5, 0.6) is 5.75 Å². The highest BCUT2D eigenvalue weighted by atomic mass is 19.4. The van der Waals surface area contributed by atoms with Gasteiger partial charge in [0.25, 0.3) is 0 Å². The van der Waals surface area contributed by atoms with Gasteiger partial charge >= 0.3 is 6.36 Å². The topological polar surface area (TPSA) is 72.0 Å². The summed E-state index contributed by atoms with van der Waals surface area (Å²) in [6.07, 6.45) is -4.09. The van der Waals surface area contributed by atoms with E-state index in [1.165, 1.54) is 24.4 Å². The number of nitrogens with zero attached hydrogens (tertiary/aromatic N) is 1. The van der Waals surface area contributed by atoms with Crippen molar-refractivity contribution in [3.63, 3.8) is 0 Å². The molecule has 0 bridgehead atoms. The number of ketones is 1. The Bertz CT molecular complexity index is 1090. The van der Waals surface area contributed by atoms with Gasteiger partial charge in [-0.25, -0.2) is 9.37 Å². The standard InChI is InChI=1S/C20H13F5N2O3/c21-15-6-7-17(22)27-19(15)14(9-16(28)12-3-8-18(29)26-10-12)11-1-4-13(5-2-11)30-20(23,24)25/h1-8,10,14H,9H2,(H,26,29)/t14-/m0/s1. The van der Waals surface area contributed by atoms with E-state index in [1.54, 1.807) is 0 Å².